The van der Waals surface area contributed by atoms with Crippen LogP contribution in [0.2, 0.25) is 0 Å². The van der Waals surface area contributed by atoms with E-state index < -0.39 is 5.97 Å². The van der Waals surface area contributed by atoms with Crippen molar-refractivity contribution in [2.24, 2.45) is 0 Å². The minimum absolute atomic E-state index is 0.386. The fourth-order valence-electron chi connectivity index (χ4n) is 2.26. The molecule has 24 heavy (non-hydrogen) atoms. The minimum Gasteiger partial charge on any atom is -0.465 e. The van der Waals surface area contributed by atoms with E-state index in [1.807, 2.05) is 17.5 Å². The highest BCUT2D eigenvalue weighted by atomic mass is 32.1. The first-order valence-electron chi connectivity index (χ1n) is 7.24. The molecule has 0 saturated carbocycles. The van der Waals surface area contributed by atoms with Crippen LogP contribution in [0.3, 0.4) is 0 Å². The highest BCUT2D eigenvalue weighted by Crippen LogP contribution is 2.26. The molecule has 0 atom stereocenters. The van der Waals surface area contributed by atoms with E-state index in [9.17, 15) is 4.79 Å². The van der Waals surface area contributed by atoms with E-state index in [4.69, 9.17) is 10.5 Å². The van der Waals surface area contributed by atoms with Crippen LogP contribution in [0.15, 0.2) is 48.1 Å². The second kappa shape index (κ2) is 7.10. The van der Waals surface area contributed by atoms with Crippen molar-refractivity contribution in [3.63, 3.8) is 0 Å². The number of carbonyl (C=O) groups is 1. The number of esters is 1. The lowest BCUT2D eigenvalue weighted by atomic mass is 10.1. The lowest BCUT2D eigenvalue weighted by molar-refractivity contribution is 0.0599. The van der Waals surface area contributed by atoms with Gasteiger partial charge in [0.25, 0.3) is 0 Å². The molecular weight excluding hydrogens is 324 g/mol. The molecule has 0 radical (unpaired) electrons. The number of nitrogens with one attached hydrogen (secondary N) is 1. The topological polar surface area (TPSA) is 90.1 Å². The normalized spacial score (nSPS) is 10.4. The van der Waals surface area contributed by atoms with E-state index in [1.54, 1.807) is 30.6 Å². The molecule has 0 amide bonds. The highest BCUT2D eigenvalue weighted by molar-refractivity contribution is 7.13. The third kappa shape index (κ3) is 3.36. The number of hydrogen-bond donors (Lipinski definition) is 2. The van der Waals surface area contributed by atoms with Gasteiger partial charge in [-0.15, -0.1) is 11.3 Å². The predicted molar refractivity (Wildman–Crippen MR) is 94.9 cm³/mol. The number of hydrogen-bond acceptors (Lipinski definition) is 7. The Kier molecular flexibility index (Phi) is 4.72. The molecule has 2 heterocycles. The number of nitrogens with zero attached hydrogens (tertiary/aromatic N) is 2. The molecule has 3 aromatic rings. The van der Waals surface area contributed by atoms with Crippen LogP contribution in [0.5, 0.6) is 0 Å². The quantitative estimate of drug-likeness (QED) is 0.547. The summed E-state index contributed by atoms with van der Waals surface area (Å²) < 4.78 is 4.80. The number of pyridine rings is 1. The molecule has 122 valence electrons. The summed E-state index contributed by atoms with van der Waals surface area (Å²) in [5.74, 6) is 0.320. The van der Waals surface area contributed by atoms with Crippen LogP contribution in [-0.4, -0.2) is 23.0 Å². The Balaban J connectivity index is 1.78. The highest BCUT2D eigenvalue weighted by Gasteiger charge is 2.14. The summed E-state index contributed by atoms with van der Waals surface area (Å²) >= 11 is 1.53. The molecule has 6 nitrogen and oxygen atoms in total. The summed E-state index contributed by atoms with van der Waals surface area (Å²) in [5.41, 5.74) is 8.70. The Morgan fingerprint density at radius 2 is 2.08 bits per heavy atom. The summed E-state index contributed by atoms with van der Waals surface area (Å²) in [5, 5.41) is 6.03. The SMILES string of the molecule is COC(=O)c1cccc(N)c1CNc1csc(-c2ccncc2)n1. The van der Waals surface area contributed by atoms with Gasteiger partial charge in [-0.25, -0.2) is 9.78 Å². The molecule has 0 saturated heterocycles. The zero-order valence-electron chi connectivity index (χ0n) is 13.0. The van der Waals surface area contributed by atoms with Gasteiger partial charge in [0.1, 0.15) is 10.8 Å². The minimum atomic E-state index is -0.408. The maximum Gasteiger partial charge on any atom is 0.338 e. The third-order valence-electron chi connectivity index (χ3n) is 3.50. The number of nitrogens with two attached hydrogens (primary N) is 1. The Morgan fingerprint density at radius 3 is 2.83 bits per heavy atom. The number of ether oxygens (including phenoxy) is 1. The first-order chi connectivity index (χ1) is 11.7. The summed E-state index contributed by atoms with van der Waals surface area (Å²) in [6.45, 7) is 0.386. The molecule has 3 N–H and O–H groups in total. The van der Waals surface area contributed by atoms with Crippen molar-refractivity contribution in [1.82, 2.24) is 9.97 Å². The van der Waals surface area contributed by atoms with Gasteiger partial charge >= 0.3 is 5.97 Å². The van der Waals surface area contributed by atoms with Crippen LogP contribution in [0.1, 0.15) is 15.9 Å². The summed E-state index contributed by atoms with van der Waals surface area (Å²) in [6, 6.07) is 9.01. The van der Waals surface area contributed by atoms with Crippen molar-refractivity contribution in [3.05, 3.63) is 59.2 Å². The maximum absolute atomic E-state index is 11.9. The predicted octanol–water partition coefficient (Wildman–Crippen LogP) is 3.19. The summed E-state index contributed by atoms with van der Waals surface area (Å²) in [6.07, 6.45) is 3.47. The van der Waals surface area contributed by atoms with Gasteiger partial charge in [0, 0.05) is 41.1 Å². The Labute approximate surface area is 143 Å². The average molecular weight is 340 g/mol. The molecule has 0 aliphatic heterocycles. The van der Waals surface area contributed by atoms with Gasteiger partial charge in [-0.1, -0.05) is 6.07 Å². The van der Waals surface area contributed by atoms with Gasteiger partial charge in [0.15, 0.2) is 0 Å². The number of benzene rings is 1. The monoisotopic (exact) mass is 340 g/mol. The lowest BCUT2D eigenvalue weighted by Gasteiger charge is -2.11. The fourth-order valence-corrected chi connectivity index (χ4v) is 3.05. The Morgan fingerprint density at radius 1 is 1.29 bits per heavy atom. The van der Waals surface area contributed by atoms with E-state index in [-0.39, 0.29) is 0 Å². The van der Waals surface area contributed by atoms with Crippen LogP contribution < -0.4 is 11.1 Å². The van der Waals surface area contributed by atoms with E-state index >= 15 is 0 Å². The molecular formula is C17H16N4O2S. The zero-order valence-corrected chi connectivity index (χ0v) is 13.8. The number of rotatable bonds is 5. The van der Waals surface area contributed by atoms with E-state index in [2.05, 4.69) is 15.3 Å². The molecule has 2 aromatic heterocycles. The standard InChI is InChI=1S/C17H16N4O2S/c1-23-17(22)12-3-2-4-14(18)13(12)9-20-15-10-24-16(21-15)11-5-7-19-8-6-11/h2-8,10,20H,9,18H2,1H3. The van der Waals surface area contributed by atoms with Gasteiger partial charge in [-0.3, -0.25) is 4.98 Å². The average Bonchev–Trinajstić information content (AvgIpc) is 3.09. The molecule has 0 bridgehead atoms. The van der Waals surface area contributed by atoms with Gasteiger partial charge in [0.2, 0.25) is 0 Å². The van der Waals surface area contributed by atoms with Crippen LogP contribution in [0.25, 0.3) is 10.6 Å². The number of anilines is 2. The number of thiazole rings is 1. The molecule has 0 spiro atoms. The fraction of sp³-hybridized carbons (Fsp3) is 0.118. The smallest absolute Gasteiger partial charge is 0.338 e. The van der Waals surface area contributed by atoms with Crippen molar-refractivity contribution in [2.75, 3.05) is 18.2 Å². The van der Waals surface area contributed by atoms with Crippen LogP contribution in [-0.2, 0) is 11.3 Å². The molecule has 3 rings (SSSR count). The van der Waals surface area contributed by atoms with Crippen LogP contribution in [0, 0.1) is 0 Å². The van der Waals surface area contributed by atoms with Crippen molar-refractivity contribution < 1.29 is 9.53 Å². The van der Waals surface area contributed by atoms with E-state index in [0.717, 1.165) is 16.4 Å². The molecule has 0 unspecified atom stereocenters. The largest absolute Gasteiger partial charge is 0.465 e. The first kappa shape index (κ1) is 15.9. The van der Waals surface area contributed by atoms with Crippen LogP contribution in [0.4, 0.5) is 11.5 Å². The second-order valence-electron chi connectivity index (χ2n) is 4.99. The summed E-state index contributed by atoms with van der Waals surface area (Å²) in [4.78, 5) is 20.4. The number of aromatic nitrogens is 2. The van der Waals surface area contributed by atoms with Crippen molar-refractivity contribution in [2.45, 2.75) is 6.54 Å². The Bertz CT molecular complexity index is 849. The van der Waals surface area contributed by atoms with Gasteiger partial charge < -0.3 is 15.8 Å². The Hall–Kier alpha value is -2.93. The van der Waals surface area contributed by atoms with Gasteiger partial charge in [0.05, 0.1) is 12.7 Å². The van der Waals surface area contributed by atoms with Gasteiger partial charge in [-0.05, 0) is 24.3 Å². The van der Waals surface area contributed by atoms with Crippen molar-refractivity contribution >= 4 is 28.8 Å². The molecule has 0 aliphatic carbocycles. The van der Waals surface area contributed by atoms with Crippen molar-refractivity contribution in [3.8, 4) is 10.6 Å². The zero-order chi connectivity index (χ0) is 16.9. The van der Waals surface area contributed by atoms with E-state index in [1.165, 1.54) is 18.4 Å². The number of methoxy groups -OCH3 is 1. The summed E-state index contributed by atoms with van der Waals surface area (Å²) in [7, 11) is 1.35. The molecule has 1 aromatic carbocycles. The first-order valence-corrected chi connectivity index (χ1v) is 8.12. The molecule has 7 heteroatoms. The van der Waals surface area contributed by atoms with Gasteiger partial charge in [-0.2, -0.15) is 0 Å². The lowest BCUT2D eigenvalue weighted by Crippen LogP contribution is -2.11. The molecule has 0 fully saturated rings. The number of carbonyl (C=O) groups excluding carboxylic acids is 1. The molecule has 0 aliphatic rings. The second-order valence-corrected chi connectivity index (χ2v) is 5.85. The maximum atomic E-state index is 11.9. The number of nitrogen functional groups attached to an aromatic ring is 1. The van der Waals surface area contributed by atoms with E-state index in [0.29, 0.717) is 23.4 Å². The third-order valence-corrected chi connectivity index (χ3v) is 4.39. The van der Waals surface area contributed by atoms with Crippen LogP contribution >= 0.6 is 11.3 Å². The van der Waals surface area contributed by atoms with Crippen molar-refractivity contribution in [1.29, 1.82) is 0 Å².